The number of carbonyl (C=O) groups is 1. The lowest BCUT2D eigenvalue weighted by atomic mass is 9.72. The molecule has 0 amide bonds. The van der Waals surface area contributed by atoms with Gasteiger partial charge in [-0.25, -0.2) is 0 Å². The Balaban J connectivity index is 3.34. The quantitative estimate of drug-likeness (QED) is 0.465. The van der Waals surface area contributed by atoms with E-state index in [1.165, 1.54) is 13.8 Å². The summed E-state index contributed by atoms with van der Waals surface area (Å²) in [7, 11) is 0. The van der Waals surface area contributed by atoms with Gasteiger partial charge in [0.05, 0.1) is 5.41 Å². The number of carbonyl (C=O) groups excluding carboxylic acids is 1. The predicted octanol–water partition coefficient (Wildman–Crippen LogP) is 5.55. The SMILES string of the molecule is CCC(C)(C)C(=O)OC(C)(CC(O)(C(F)(F)F)C(F)(F)F)C1CCCCC1. The number of alkyl halides is 6. The van der Waals surface area contributed by atoms with Crippen molar-refractivity contribution in [2.45, 2.75) is 96.2 Å². The summed E-state index contributed by atoms with van der Waals surface area (Å²) in [6.45, 7) is 5.77. The minimum Gasteiger partial charge on any atom is -0.459 e. The first-order valence-electron chi connectivity index (χ1n) is 9.09. The molecule has 0 aromatic rings. The Morgan fingerprint density at radius 3 is 1.78 bits per heavy atom. The van der Waals surface area contributed by atoms with E-state index >= 15 is 0 Å². The van der Waals surface area contributed by atoms with Crippen molar-refractivity contribution in [2.24, 2.45) is 11.3 Å². The van der Waals surface area contributed by atoms with Crippen LogP contribution in [0.4, 0.5) is 26.3 Å². The van der Waals surface area contributed by atoms with Crippen LogP contribution in [0.3, 0.4) is 0 Å². The van der Waals surface area contributed by atoms with E-state index in [4.69, 9.17) is 4.74 Å². The smallest absolute Gasteiger partial charge is 0.426 e. The normalized spacial score (nSPS) is 20.3. The summed E-state index contributed by atoms with van der Waals surface area (Å²) in [5.74, 6) is -1.57. The van der Waals surface area contributed by atoms with Gasteiger partial charge in [0, 0.05) is 6.42 Å². The molecule has 1 fully saturated rings. The molecule has 0 aliphatic heterocycles. The Kier molecular flexibility index (Phi) is 6.94. The second-order valence-electron chi connectivity index (χ2n) is 8.31. The van der Waals surface area contributed by atoms with Crippen molar-refractivity contribution < 1.29 is 41.0 Å². The molecule has 0 aromatic carbocycles. The van der Waals surface area contributed by atoms with E-state index in [0.717, 1.165) is 13.3 Å². The van der Waals surface area contributed by atoms with E-state index in [9.17, 15) is 36.2 Å². The standard InChI is InChI=1S/C18H28F6O3/c1-5-14(2,3)13(25)27-15(4,12-9-7-6-8-10-12)11-16(26,17(19,20)21)18(22,23)24/h12,26H,5-11H2,1-4H3. The zero-order valence-corrected chi connectivity index (χ0v) is 16.1. The van der Waals surface area contributed by atoms with E-state index < -0.39 is 47.3 Å². The van der Waals surface area contributed by atoms with Gasteiger partial charge in [-0.2, -0.15) is 26.3 Å². The largest absolute Gasteiger partial charge is 0.459 e. The number of hydrogen-bond acceptors (Lipinski definition) is 3. The average molecular weight is 406 g/mol. The van der Waals surface area contributed by atoms with Crippen LogP contribution in [-0.4, -0.2) is 34.6 Å². The highest BCUT2D eigenvalue weighted by Gasteiger charge is 2.72. The number of rotatable bonds is 6. The lowest BCUT2D eigenvalue weighted by Crippen LogP contribution is -2.62. The van der Waals surface area contributed by atoms with Crippen LogP contribution in [0.5, 0.6) is 0 Å². The van der Waals surface area contributed by atoms with E-state index in [2.05, 4.69) is 0 Å². The molecule has 9 heteroatoms. The van der Waals surface area contributed by atoms with Crippen LogP contribution >= 0.6 is 0 Å². The molecule has 0 aromatic heterocycles. The summed E-state index contributed by atoms with van der Waals surface area (Å²) in [4.78, 5) is 12.5. The van der Waals surface area contributed by atoms with Gasteiger partial charge in [0.1, 0.15) is 5.60 Å². The fourth-order valence-electron chi connectivity index (χ4n) is 3.34. The van der Waals surface area contributed by atoms with Crippen LogP contribution in [0.15, 0.2) is 0 Å². The van der Waals surface area contributed by atoms with Crippen molar-refractivity contribution in [1.29, 1.82) is 0 Å². The molecule has 3 nitrogen and oxygen atoms in total. The fourth-order valence-corrected chi connectivity index (χ4v) is 3.34. The van der Waals surface area contributed by atoms with Crippen LogP contribution in [0.25, 0.3) is 0 Å². The molecule has 0 spiro atoms. The number of ether oxygens (including phenoxy) is 1. The molecule has 0 bridgehead atoms. The topological polar surface area (TPSA) is 46.5 Å². The lowest BCUT2D eigenvalue weighted by molar-refractivity contribution is -0.379. The second kappa shape index (κ2) is 7.79. The second-order valence-corrected chi connectivity index (χ2v) is 8.31. The van der Waals surface area contributed by atoms with Crippen LogP contribution in [0.1, 0.15) is 72.6 Å². The molecule has 0 radical (unpaired) electrons. The molecule has 27 heavy (non-hydrogen) atoms. The molecule has 160 valence electrons. The summed E-state index contributed by atoms with van der Waals surface area (Å²) in [5, 5.41) is 9.68. The van der Waals surface area contributed by atoms with Crippen LogP contribution in [0.2, 0.25) is 0 Å². The third-order valence-corrected chi connectivity index (χ3v) is 5.78. The first kappa shape index (κ1) is 24.0. The van der Waals surface area contributed by atoms with E-state index in [-0.39, 0.29) is 0 Å². The van der Waals surface area contributed by atoms with E-state index in [0.29, 0.717) is 32.1 Å². The van der Waals surface area contributed by atoms with E-state index in [1.807, 2.05) is 0 Å². The molecule has 1 unspecified atom stereocenters. The van der Waals surface area contributed by atoms with Crippen LogP contribution in [0, 0.1) is 11.3 Å². The summed E-state index contributed by atoms with van der Waals surface area (Å²) >= 11 is 0. The summed E-state index contributed by atoms with van der Waals surface area (Å²) in [6.07, 6.45) is -10.7. The summed E-state index contributed by atoms with van der Waals surface area (Å²) in [6, 6.07) is 0. The first-order chi connectivity index (χ1) is 12.0. The van der Waals surface area contributed by atoms with Crippen molar-refractivity contribution in [2.75, 3.05) is 0 Å². The molecule has 1 saturated carbocycles. The van der Waals surface area contributed by atoms with Crippen molar-refractivity contribution in [3.63, 3.8) is 0 Å². The Bertz CT molecular complexity index is 506. The van der Waals surface area contributed by atoms with Gasteiger partial charge in [-0.05, 0) is 46.0 Å². The van der Waals surface area contributed by atoms with Crippen LogP contribution in [-0.2, 0) is 9.53 Å². The molecular formula is C18H28F6O3. The highest BCUT2D eigenvalue weighted by molar-refractivity contribution is 5.76. The first-order valence-corrected chi connectivity index (χ1v) is 9.09. The van der Waals surface area contributed by atoms with Crippen LogP contribution < -0.4 is 0 Å². The molecule has 1 N–H and O–H groups in total. The summed E-state index contributed by atoms with van der Waals surface area (Å²) < 4.78 is 84.7. The van der Waals surface area contributed by atoms with Crippen molar-refractivity contribution in [3.8, 4) is 0 Å². The Labute approximate surface area is 155 Å². The number of esters is 1. The molecule has 1 aliphatic rings. The maximum atomic E-state index is 13.2. The molecular weight excluding hydrogens is 378 g/mol. The molecule has 0 heterocycles. The number of aliphatic hydroxyl groups is 1. The summed E-state index contributed by atoms with van der Waals surface area (Å²) in [5.41, 5.74) is -8.11. The highest BCUT2D eigenvalue weighted by atomic mass is 19.4. The third kappa shape index (κ3) is 5.09. The Hall–Kier alpha value is -0.990. The van der Waals surface area contributed by atoms with Gasteiger partial charge in [0.15, 0.2) is 0 Å². The highest BCUT2D eigenvalue weighted by Crippen LogP contribution is 2.51. The minimum absolute atomic E-state index is 0.301. The maximum Gasteiger partial charge on any atom is 0.426 e. The average Bonchev–Trinajstić information content (AvgIpc) is 2.53. The Morgan fingerprint density at radius 2 is 1.41 bits per heavy atom. The van der Waals surface area contributed by atoms with Gasteiger partial charge < -0.3 is 9.84 Å². The van der Waals surface area contributed by atoms with Gasteiger partial charge in [-0.15, -0.1) is 0 Å². The van der Waals surface area contributed by atoms with Gasteiger partial charge in [0.25, 0.3) is 5.60 Å². The maximum absolute atomic E-state index is 13.2. The van der Waals surface area contributed by atoms with Crippen molar-refractivity contribution in [3.05, 3.63) is 0 Å². The third-order valence-electron chi connectivity index (χ3n) is 5.78. The molecule has 1 atom stereocenters. The van der Waals surface area contributed by atoms with Crippen molar-refractivity contribution >= 4 is 5.97 Å². The van der Waals surface area contributed by atoms with E-state index in [1.54, 1.807) is 6.92 Å². The fraction of sp³-hybridized carbons (Fsp3) is 0.944. The van der Waals surface area contributed by atoms with Gasteiger partial charge >= 0.3 is 18.3 Å². The molecule has 0 saturated heterocycles. The number of halogens is 6. The van der Waals surface area contributed by atoms with Gasteiger partial charge in [-0.3, -0.25) is 4.79 Å². The molecule has 1 aliphatic carbocycles. The van der Waals surface area contributed by atoms with Gasteiger partial charge in [-0.1, -0.05) is 26.2 Å². The Morgan fingerprint density at radius 1 is 0.963 bits per heavy atom. The minimum atomic E-state index is -5.95. The predicted molar refractivity (Wildman–Crippen MR) is 86.8 cm³/mol. The zero-order valence-electron chi connectivity index (χ0n) is 16.1. The lowest BCUT2D eigenvalue weighted by Gasteiger charge is -2.45. The molecule has 1 rings (SSSR count). The monoisotopic (exact) mass is 406 g/mol. The van der Waals surface area contributed by atoms with Gasteiger partial charge in [0.2, 0.25) is 0 Å². The zero-order chi connectivity index (χ0) is 21.3. The van der Waals surface area contributed by atoms with Crippen molar-refractivity contribution in [1.82, 2.24) is 0 Å². The number of hydrogen-bond donors (Lipinski definition) is 1.